The molecule has 1 saturated heterocycles. The predicted octanol–water partition coefficient (Wildman–Crippen LogP) is 5.73. The second-order valence-electron chi connectivity index (χ2n) is 6.72. The minimum absolute atomic E-state index is 0.122. The van der Waals surface area contributed by atoms with Crippen molar-refractivity contribution in [3.63, 3.8) is 0 Å². The minimum atomic E-state index is -0.122. The molecular weight excluding hydrogens is 378 g/mol. The molecule has 4 aromatic rings. The van der Waals surface area contributed by atoms with Gasteiger partial charge in [0.25, 0.3) is 5.91 Å². The molecule has 4 nitrogen and oxygen atoms in total. The molecule has 0 spiro atoms. The normalized spacial score (nSPS) is 16.6. The maximum Gasteiger partial charge on any atom is 0.264 e. The minimum Gasteiger partial charge on any atom is -0.361 e. The first-order chi connectivity index (χ1) is 14.2. The molecule has 0 unspecified atom stereocenters. The Morgan fingerprint density at radius 3 is 2.48 bits per heavy atom. The zero-order valence-corrected chi connectivity index (χ0v) is 16.2. The number of carbonyl (C=O) groups excluding carboxylic acids is 1. The van der Waals surface area contributed by atoms with Crippen LogP contribution < -0.4 is 5.32 Å². The second kappa shape index (κ2) is 7.45. The molecule has 140 valence electrons. The third kappa shape index (κ3) is 3.73. The third-order valence-corrected chi connectivity index (χ3v) is 5.64. The average molecular weight is 395 g/mol. The van der Waals surface area contributed by atoms with Crippen molar-refractivity contribution in [3.8, 4) is 11.1 Å². The quantitative estimate of drug-likeness (QED) is 0.436. The summed E-state index contributed by atoms with van der Waals surface area (Å²) in [5, 5.41) is 4.54. The van der Waals surface area contributed by atoms with E-state index in [1.165, 1.54) is 17.3 Å². The highest BCUT2D eigenvalue weighted by Crippen LogP contribution is 2.29. The third-order valence-electron chi connectivity index (χ3n) is 4.73. The summed E-state index contributed by atoms with van der Waals surface area (Å²) in [5.74, 6) is -0.122. The number of aromatic amines is 1. The Hall–Kier alpha value is -3.57. The number of aliphatic imine (C=N–C) groups is 1. The van der Waals surface area contributed by atoms with Gasteiger partial charge in [-0.2, -0.15) is 0 Å². The lowest BCUT2D eigenvalue weighted by Crippen LogP contribution is -2.19. The van der Waals surface area contributed by atoms with Gasteiger partial charge in [-0.05, 0) is 58.8 Å². The molecule has 0 radical (unpaired) electrons. The Morgan fingerprint density at radius 2 is 1.66 bits per heavy atom. The molecule has 5 rings (SSSR count). The van der Waals surface area contributed by atoms with Gasteiger partial charge in [0.1, 0.15) is 0 Å². The number of nitrogens with one attached hydrogen (secondary N) is 2. The van der Waals surface area contributed by atoms with Crippen LogP contribution in [0.1, 0.15) is 5.56 Å². The lowest BCUT2D eigenvalue weighted by Gasteiger charge is -2.02. The fourth-order valence-corrected chi connectivity index (χ4v) is 4.10. The maximum atomic E-state index is 12.4. The zero-order chi connectivity index (χ0) is 19.6. The largest absolute Gasteiger partial charge is 0.361 e. The summed E-state index contributed by atoms with van der Waals surface area (Å²) in [6.07, 6.45) is 3.80. The molecule has 1 fully saturated rings. The molecule has 2 heterocycles. The second-order valence-corrected chi connectivity index (χ2v) is 7.75. The molecule has 0 bridgehead atoms. The monoisotopic (exact) mass is 395 g/mol. The first-order valence-corrected chi connectivity index (χ1v) is 10.1. The molecule has 1 amide bonds. The zero-order valence-electron chi connectivity index (χ0n) is 15.4. The number of hydrogen-bond acceptors (Lipinski definition) is 3. The van der Waals surface area contributed by atoms with Gasteiger partial charge in [-0.1, -0.05) is 54.6 Å². The summed E-state index contributed by atoms with van der Waals surface area (Å²) in [5.41, 5.74) is 5.19. The van der Waals surface area contributed by atoms with E-state index in [1.807, 2.05) is 66.9 Å². The lowest BCUT2D eigenvalue weighted by molar-refractivity contribution is -0.115. The summed E-state index contributed by atoms with van der Waals surface area (Å²) in [6, 6.07) is 26.3. The van der Waals surface area contributed by atoms with E-state index >= 15 is 0 Å². The van der Waals surface area contributed by atoms with E-state index in [2.05, 4.69) is 39.6 Å². The van der Waals surface area contributed by atoms with Gasteiger partial charge in [0, 0.05) is 17.1 Å². The van der Waals surface area contributed by atoms with Gasteiger partial charge < -0.3 is 10.3 Å². The van der Waals surface area contributed by atoms with E-state index in [9.17, 15) is 4.79 Å². The molecule has 1 aromatic heterocycles. The number of amidine groups is 1. The molecule has 1 aliphatic rings. The standard InChI is InChI=1S/C24H17N3OS/c28-23-22(14-16-6-8-18(9-7-16)17-4-2-1-3-5-17)29-24(27-23)26-20-10-11-21-19(15-20)12-13-25-21/h1-15,25H,(H,26,27,28)/b22-14+. The number of fused-ring (bicyclic) bond motifs is 1. The first kappa shape index (κ1) is 17.5. The Bertz CT molecular complexity index is 1250. The van der Waals surface area contributed by atoms with E-state index < -0.39 is 0 Å². The van der Waals surface area contributed by atoms with E-state index in [1.54, 1.807) is 0 Å². The van der Waals surface area contributed by atoms with Gasteiger partial charge in [-0.25, -0.2) is 4.99 Å². The van der Waals surface area contributed by atoms with Gasteiger partial charge in [0.15, 0.2) is 5.17 Å². The molecule has 1 aliphatic heterocycles. The molecule has 2 N–H and O–H groups in total. The van der Waals surface area contributed by atoms with Crippen molar-refractivity contribution in [2.75, 3.05) is 0 Å². The van der Waals surface area contributed by atoms with Crippen molar-refractivity contribution in [3.05, 3.63) is 95.5 Å². The lowest BCUT2D eigenvalue weighted by atomic mass is 10.0. The topological polar surface area (TPSA) is 57.2 Å². The Balaban J connectivity index is 1.36. The molecule has 0 atom stereocenters. The Morgan fingerprint density at radius 1 is 0.862 bits per heavy atom. The van der Waals surface area contributed by atoms with Crippen LogP contribution in [0.2, 0.25) is 0 Å². The Labute approximate surface area is 172 Å². The van der Waals surface area contributed by atoms with Crippen LogP contribution in [0.5, 0.6) is 0 Å². The number of hydrogen-bond donors (Lipinski definition) is 2. The first-order valence-electron chi connectivity index (χ1n) is 9.27. The maximum absolute atomic E-state index is 12.4. The van der Waals surface area contributed by atoms with E-state index in [0.29, 0.717) is 10.1 Å². The Kier molecular flexibility index (Phi) is 4.50. The highest BCUT2D eigenvalue weighted by Gasteiger charge is 2.23. The number of aromatic nitrogens is 1. The van der Waals surface area contributed by atoms with Gasteiger partial charge in [-0.15, -0.1) is 0 Å². The molecule has 29 heavy (non-hydrogen) atoms. The summed E-state index contributed by atoms with van der Waals surface area (Å²) < 4.78 is 0. The smallest absolute Gasteiger partial charge is 0.264 e. The van der Waals surface area contributed by atoms with Gasteiger partial charge >= 0.3 is 0 Å². The van der Waals surface area contributed by atoms with E-state index in [0.717, 1.165) is 27.7 Å². The SMILES string of the molecule is O=C1NC(=Nc2ccc3[nH]ccc3c2)S/C1=C/c1ccc(-c2ccccc2)cc1. The molecule has 0 aliphatic carbocycles. The van der Waals surface area contributed by atoms with E-state index in [-0.39, 0.29) is 5.91 Å². The van der Waals surface area contributed by atoms with Crippen molar-refractivity contribution < 1.29 is 4.79 Å². The highest BCUT2D eigenvalue weighted by molar-refractivity contribution is 8.18. The highest BCUT2D eigenvalue weighted by atomic mass is 32.2. The summed E-state index contributed by atoms with van der Waals surface area (Å²) in [7, 11) is 0. The van der Waals surface area contributed by atoms with Gasteiger partial charge in [0.2, 0.25) is 0 Å². The van der Waals surface area contributed by atoms with Gasteiger partial charge in [-0.3, -0.25) is 4.79 Å². The van der Waals surface area contributed by atoms with Crippen LogP contribution in [-0.2, 0) is 4.79 Å². The van der Waals surface area contributed by atoms with Crippen LogP contribution >= 0.6 is 11.8 Å². The van der Waals surface area contributed by atoms with Crippen molar-refractivity contribution >= 4 is 45.5 Å². The number of nitrogens with zero attached hydrogens (tertiary/aromatic N) is 1. The number of benzene rings is 3. The fourth-order valence-electron chi connectivity index (χ4n) is 3.26. The van der Waals surface area contributed by atoms with Crippen molar-refractivity contribution in [2.24, 2.45) is 4.99 Å². The van der Waals surface area contributed by atoms with Crippen LogP contribution in [-0.4, -0.2) is 16.1 Å². The van der Waals surface area contributed by atoms with Crippen LogP contribution in [0.3, 0.4) is 0 Å². The summed E-state index contributed by atoms with van der Waals surface area (Å²) in [6.45, 7) is 0. The number of H-pyrrole nitrogens is 1. The van der Waals surface area contributed by atoms with Crippen LogP contribution in [0, 0.1) is 0 Å². The van der Waals surface area contributed by atoms with Gasteiger partial charge in [0.05, 0.1) is 10.6 Å². The van der Waals surface area contributed by atoms with Crippen LogP contribution in [0.4, 0.5) is 5.69 Å². The number of carbonyl (C=O) groups is 1. The van der Waals surface area contributed by atoms with Crippen molar-refractivity contribution in [2.45, 2.75) is 0 Å². The molecule has 0 saturated carbocycles. The van der Waals surface area contributed by atoms with Crippen LogP contribution in [0.15, 0.2) is 95.0 Å². The molecule has 3 aromatic carbocycles. The average Bonchev–Trinajstić information content (AvgIpc) is 3.35. The molecule has 5 heteroatoms. The summed E-state index contributed by atoms with van der Waals surface area (Å²) >= 11 is 1.36. The van der Waals surface area contributed by atoms with Crippen molar-refractivity contribution in [1.29, 1.82) is 0 Å². The van der Waals surface area contributed by atoms with Crippen molar-refractivity contribution in [1.82, 2.24) is 10.3 Å². The summed E-state index contributed by atoms with van der Waals surface area (Å²) in [4.78, 5) is 20.7. The fraction of sp³-hybridized carbons (Fsp3) is 0. The van der Waals surface area contributed by atoms with Crippen LogP contribution in [0.25, 0.3) is 28.1 Å². The number of thioether (sulfide) groups is 1. The predicted molar refractivity (Wildman–Crippen MR) is 121 cm³/mol. The van der Waals surface area contributed by atoms with E-state index in [4.69, 9.17) is 0 Å². The molecular formula is C24H17N3OS. The number of rotatable bonds is 3. The number of amides is 1.